The minimum Gasteiger partial charge on any atom is -0.369 e. The summed E-state index contributed by atoms with van der Waals surface area (Å²) in [6, 6.07) is 9.95. The Bertz CT molecular complexity index is 821. The summed E-state index contributed by atoms with van der Waals surface area (Å²) in [6.45, 7) is 3.08. The van der Waals surface area contributed by atoms with E-state index in [0.717, 1.165) is 50.3 Å². The van der Waals surface area contributed by atoms with Gasteiger partial charge in [-0.3, -0.25) is 9.89 Å². The Hall–Kier alpha value is -2.81. The SMILES string of the molecule is N#Cc1ccccc1N1CCCN(C(=O)C2CCc3cn[nH]c32)CC1. The molecule has 2 heterocycles. The second-order valence-corrected chi connectivity index (χ2v) is 6.70. The molecule has 1 saturated heterocycles. The molecule has 1 aliphatic carbocycles. The van der Waals surface area contributed by atoms with E-state index in [9.17, 15) is 10.1 Å². The van der Waals surface area contributed by atoms with E-state index in [-0.39, 0.29) is 11.8 Å². The maximum Gasteiger partial charge on any atom is 0.231 e. The molecule has 1 fully saturated rings. The summed E-state index contributed by atoms with van der Waals surface area (Å²) in [5.74, 6) is 0.133. The lowest BCUT2D eigenvalue weighted by molar-refractivity contribution is -0.132. The first kappa shape index (κ1) is 15.7. The topological polar surface area (TPSA) is 76.0 Å². The van der Waals surface area contributed by atoms with Crippen molar-refractivity contribution in [3.8, 4) is 6.07 Å². The largest absolute Gasteiger partial charge is 0.369 e. The van der Waals surface area contributed by atoms with Crippen LogP contribution in [-0.2, 0) is 11.2 Å². The normalized spacial score (nSPS) is 20.0. The van der Waals surface area contributed by atoms with Gasteiger partial charge in [-0.25, -0.2) is 0 Å². The molecule has 6 heteroatoms. The molecule has 1 atom stereocenters. The monoisotopic (exact) mass is 335 g/mol. The van der Waals surface area contributed by atoms with Gasteiger partial charge in [0.1, 0.15) is 6.07 Å². The van der Waals surface area contributed by atoms with Crippen LogP contribution in [0.15, 0.2) is 30.5 Å². The number of anilines is 1. The molecule has 1 aliphatic heterocycles. The summed E-state index contributed by atoms with van der Waals surface area (Å²) < 4.78 is 0. The van der Waals surface area contributed by atoms with Crippen LogP contribution in [0, 0.1) is 11.3 Å². The molecular weight excluding hydrogens is 314 g/mol. The summed E-state index contributed by atoms with van der Waals surface area (Å²) in [5.41, 5.74) is 3.84. The zero-order valence-electron chi connectivity index (χ0n) is 14.1. The number of benzene rings is 1. The summed E-state index contributed by atoms with van der Waals surface area (Å²) >= 11 is 0. The molecule has 0 spiro atoms. The fourth-order valence-corrected chi connectivity index (χ4v) is 3.96. The predicted molar refractivity (Wildman–Crippen MR) is 94.2 cm³/mol. The van der Waals surface area contributed by atoms with Crippen LogP contribution in [0.3, 0.4) is 0 Å². The highest BCUT2D eigenvalue weighted by molar-refractivity contribution is 5.84. The van der Waals surface area contributed by atoms with Gasteiger partial charge in [0, 0.05) is 26.2 Å². The number of aromatic nitrogens is 2. The molecule has 2 aromatic rings. The molecule has 4 rings (SSSR count). The van der Waals surface area contributed by atoms with Crippen LogP contribution < -0.4 is 4.90 Å². The number of nitrogens with one attached hydrogen (secondary N) is 1. The second kappa shape index (κ2) is 6.60. The smallest absolute Gasteiger partial charge is 0.231 e. The van der Waals surface area contributed by atoms with Crippen molar-refractivity contribution in [2.45, 2.75) is 25.2 Å². The van der Waals surface area contributed by atoms with Gasteiger partial charge < -0.3 is 9.80 Å². The van der Waals surface area contributed by atoms with Crippen molar-refractivity contribution in [3.05, 3.63) is 47.3 Å². The molecule has 1 aromatic heterocycles. The van der Waals surface area contributed by atoms with Crippen LogP contribution in [0.4, 0.5) is 5.69 Å². The van der Waals surface area contributed by atoms with Crippen LogP contribution in [0.5, 0.6) is 0 Å². The lowest BCUT2D eigenvalue weighted by Crippen LogP contribution is -2.38. The van der Waals surface area contributed by atoms with E-state index in [1.54, 1.807) is 0 Å². The first-order chi connectivity index (χ1) is 12.3. The quantitative estimate of drug-likeness (QED) is 0.911. The van der Waals surface area contributed by atoms with E-state index in [4.69, 9.17) is 0 Å². The van der Waals surface area contributed by atoms with Crippen molar-refractivity contribution < 1.29 is 4.79 Å². The Morgan fingerprint density at radius 2 is 2.12 bits per heavy atom. The molecule has 6 nitrogen and oxygen atoms in total. The van der Waals surface area contributed by atoms with Gasteiger partial charge in [-0.2, -0.15) is 10.4 Å². The maximum atomic E-state index is 13.0. The molecule has 1 aromatic carbocycles. The number of aryl methyl sites for hydroxylation is 1. The molecule has 0 radical (unpaired) electrons. The van der Waals surface area contributed by atoms with Gasteiger partial charge >= 0.3 is 0 Å². The van der Waals surface area contributed by atoms with Crippen molar-refractivity contribution in [2.24, 2.45) is 0 Å². The molecule has 0 bridgehead atoms. The number of fused-ring (bicyclic) bond motifs is 1. The highest BCUT2D eigenvalue weighted by Crippen LogP contribution is 2.33. The summed E-state index contributed by atoms with van der Waals surface area (Å²) in [6.07, 6.45) is 4.55. The fourth-order valence-electron chi connectivity index (χ4n) is 3.96. The number of nitrogens with zero attached hydrogens (tertiary/aromatic N) is 4. The lowest BCUT2D eigenvalue weighted by Gasteiger charge is -2.25. The standard InChI is InChI=1S/C19H21N5O/c20-12-14-4-1-2-5-17(14)23-8-3-9-24(11-10-23)19(25)16-7-6-15-13-21-22-18(15)16/h1-2,4-5,13,16H,3,6-11H2,(H,21,22). The maximum absolute atomic E-state index is 13.0. The van der Waals surface area contributed by atoms with Crippen LogP contribution in [-0.4, -0.2) is 47.2 Å². The predicted octanol–water partition coefficient (Wildman–Crippen LogP) is 2.05. The van der Waals surface area contributed by atoms with Crippen LogP contribution in [0.1, 0.15) is 35.6 Å². The van der Waals surface area contributed by atoms with Gasteiger partial charge in [-0.1, -0.05) is 12.1 Å². The molecule has 1 unspecified atom stereocenters. The number of para-hydroxylation sites is 1. The third kappa shape index (κ3) is 2.86. The molecule has 1 amide bonds. The van der Waals surface area contributed by atoms with Crippen molar-refractivity contribution >= 4 is 11.6 Å². The van der Waals surface area contributed by atoms with E-state index in [1.807, 2.05) is 35.4 Å². The Morgan fingerprint density at radius 3 is 3.00 bits per heavy atom. The van der Waals surface area contributed by atoms with Gasteiger partial charge in [0.25, 0.3) is 0 Å². The molecule has 1 N–H and O–H groups in total. The molecule has 25 heavy (non-hydrogen) atoms. The summed E-state index contributed by atoms with van der Waals surface area (Å²) in [4.78, 5) is 17.2. The first-order valence-electron chi connectivity index (χ1n) is 8.83. The average molecular weight is 335 g/mol. The van der Waals surface area contributed by atoms with Crippen LogP contribution in [0.2, 0.25) is 0 Å². The number of hydrogen-bond acceptors (Lipinski definition) is 4. The van der Waals surface area contributed by atoms with Gasteiger partial charge in [-0.15, -0.1) is 0 Å². The second-order valence-electron chi connectivity index (χ2n) is 6.70. The van der Waals surface area contributed by atoms with Crippen molar-refractivity contribution in [1.82, 2.24) is 15.1 Å². The summed E-state index contributed by atoms with van der Waals surface area (Å²) in [5, 5.41) is 16.4. The van der Waals surface area contributed by atoms with Crippen molar-refractivity contribution in [1.29, 1.82) is 5.26 Å². The number of hydrogen-bond donors (Lipinski definition) is 1. The highest BCUT2D eigenvalue weighted by atomic mass is 16.2. The lowest BCUT2D eigenvalue weighted by atomic mass is 10.1. The Kier molecular flexibility index (Phi) is 4.14. The molecule has 0 saturated carbocycles. The molecule has 128 valence electrons. The number of H-pyrrole nitrogens is 1. The highest BCUT2D eigenvalue weighted by Gasteiger charge is 2.34. The van der Waals surface area contributed by atoms with Crippen molar-refractivity contribution in [2.75, 3.05) is 31.1 Å². The van der Waals surface area contributed by atoms with Crippen molar-refractivity contribution in [3.63, 3.8) is 0 Å². The number of rotatable bonds is 2. The number of nitriles is 1. The minimum atomic E-state index is -0.0737. The van der Waals surface area contributed by atoms with Crippen LogP contribution >= 0.6 is 0 Å². The first-order valence-corrected chi connectivity index (χ1v) is 8.83. The van der Waals surface area contributed by atoms with Gasteiger partial charge in [0.15, 0.2) is 0 Å². The third-order valence-corrected chi connectivity index (χ3v) is 5.27. The minimum absolute atomic E-state index is 0.0737. The van der Waals surface area contributed by atoms with Gasteiger partial charge in [0.05, 0.1) is 29.1 Å². The van der Waals surface area contributed by atoms with E-state index in [0.29, 0.717) is 12.1 Å². The van der Waals surface area contributed by atoms with E-state index < -0.39 is 0 Å². The fraction of sp³-hybridized carbons (Fsp3) is 0.421. The molecule has 2 aliphatic rings. The zero-order valence-corrected chi connectivity index (χ0v) is 14.1. The Labute approximate surface area is 147 Å². The third-order valence-electron chi connectivity index (χ3n) is 5.27. The van der Waals surface area contributed by atoms with E-state index >= 15 is 0 Å². The van der Waals surface area contributed by atoms with Crippen LogP contribution in [0.25, 0.3) is 0 Å². The molecular formula is C19H21N5O. The number of carbonyl (C=O) groups excluding carboxylic acids is 1. The Balaban J connectivity index is 1.47. The number of carbonyl (C=O) groups is 1. The number of aromatic amines is 1. The van der Waals surface area contributed by atoms with Gasteiger partial charge in [0.2, 0.25) is 5.91 Å². The van der Waals surface area contributed by atoms with E-state index in [1.165, 1.54) is 5.56 Å². The average Bonchev–Trinajstić information content (AvgIpc) is 3.17. The van der Waals surface area contributed by atoms with Gasteiger partial charge in [-0.05, 0) is 37.0 Å². The zero-order chi connectivity index (χ0) is 17.2. The Morgan fingerprint density at radius 1 is 1.24 bits per heavy atom. The summed E-state index contributed by atoms with van der Waals surface area (Å²) in [7, 11) is 0. The number of amides is 1. The van der Waals surface area contributed by atoms with E-state index in [2.05, 4.69) is 21.2 Å².